The number of hydrogen-bond acceptors (Lipinski definition) is 3. The number of hydrogen-bond donors (Lipinski definition) is 2. The van der Waals surface area contributed by atoms with Gasteiger partial charge in [0.25, 0.3) is 0 Å². The van der Waals surface area contributed by atoms with Crippen LogP contribution in [0.15, 0.2) is 0 Å². The molecular formula is C12H24N2O. The minimum atomic E-state index is -0.559. The van der Waals surface area contributed by atoms with Gasteiger partial charge in [0.15, 0.2) is 0 Å². The standard InChI is InChI=1S/C12H24N2O/c1-14(10-3-2-4-10)11-5-7-12(15,9-13)8-6-11/h10-11,15H,2-9,13H2,1H3. The van der Waals surface area contributed by atoms with Crippen LogP contribution in [0.4, 0.5) is 0 Å². The Hall–Kier alpha value is -0.120. The van der Waals surface area contributed by atoms with Gasteiger partial charge in [-0.05, 0) is 45.6 Å². The summed E-state index contributed by atoms with van der Waals surface area (Å²) in [5.41, 5.74) is 5.03. The van der Waals surface area contributed by atoms with Crippen molar-refractivity contribution in [3.63, 3.8) is 0 Å². The summed E-state index contributed by atoms with van der Waals surface area (Å²) in [4.78, 5) is 2.54. The van der Waals surface area contributed by atoms with Crippen molar-refractivity contribution in [2.24, 2.45) is 5.73 Å². The molecule has 0 aromatic heterocycles. The summed E-state index contributed by atoms with van der Waals surface area (Å²) in [7, 11) is 2.25. The smallest absolute Gasteiger partial charge is 0.0770 e. The van der Waals surface area contributed by atoms with Crippen LogP contribution >= 0.6 is 0 Å². The Morgan fingerprint density at radius 3 is 2.13 bits per heavy atom. The summed E-state index contributed by atoms with van der Waals surface area (Å²) in [6.45, 7) is 0.423. The van der Waals surface area contributed by atoms with Gasteiger partial charge < -0.3 is 15.7 Å². The zero-order valence-electron chi connectivity index (χ0n) is 9.78. The van der Waals surface area contributed by atoms with Crippen molar-refractivity contribution in [3.8, 4) is 0 Å². The maximum Gasteiger partial charge on any atom is 0.0770 e. The number of nitrogens with zero attached hydrogens (tertiary/aromatic N) is 1. The first-order chi connectivity index (χ1) is 7.14. The summed E-state index contributed by atoms with van der Waals surface area (Å²) in [5, 5.41) is 10.0. The van der Waals surface area contributed by atoms with Gasteiger partial charge in [-0.2, -0.15) is 0 Å². The Balaban J connectivity index is 1.82. The van der Waals surface area contributed by atoms with E-state index in [2.05, 4.69) is 11.9 Å². The normalized spacial score (nSPS) is 38.0. The molecule has 0 radical (unpaired) electrons. The second kappa shape index (κ2) is 4.40. The molecule has 3 nitrogen and oxygen atoms in total. The van der Waals surface area contributed by atoms with E-state index in [1.807, 2.05) is 0 Å². The van der Waals surface area contributed by atoms with Crippen molar-refractivity contribution >= 4 is 0 Å². The van der Waals surface area contributed by atoms with Gasteiger partial charge in [0.05, 0.1) is 5.60 Å². The lowest BCUT2D eigenvalue weighted by Gasteiger charge is -2.44. The molecule has 3 N–H and O–H groups in total. The highest BCUT2D eigenvalue weighted by molar-refractivity contribution is 4.91. The highest BCUT2D eigenvalue weighted by Gasteiger charge is 2.35. The lowest BCUT2D eigenvalue weighted by Crippen LogP contribution is -2.50. The topological polar surface area (TPSA) is 49.5 Å². The van der Waals surface area contributed by atoms with Crippen LogP contribution in [-0.2, 0) is 0 Å². The van der Waals surface area contributed by atoms with Gasteiger partial charge in [-0.15, -0.1) is 0 Å². The molecule has 0 amide bonds. The SMILES string of the molecule is CN(C1CCC1)C1CCC(O)(CN)CC1. The van der Waals surface area contributed by atoms with E-state index in [4.69, 9.17) is 5.73 Å². The summed E-state index contributed by atoms with van der Waals surface area (Å²) in [6.07, 6.45) is 8.12. The Labute approximate surface area is 92.6 Å². The number of rotatable bonds is 3. The molecule has 2 fully saturated rings. The fraction of sp³-hybridized carbons (Fsp3) is 1.00. The molecular weight excluding hydrogens is 188 g/mol. The Morgan fingerprint density at radius 1 is 1.20 bits per heavy atom. The van der Waals surface area contributed by atoms with Gasteiger partial charge in [0.2, 0.25) is 0 Å². The van der Waals surface area contributed by atoms with E-state index >= 15 is 0 Å². The lowest BCUT2D eigenvalue weighted by atomic mass is 9.80. The first kappa shape index (κ1) is 11.4. The van der Waals surface area contributed by atoms with Gasteiger partial charge in [-0.3, -0.25) is 0 Å². The van der Waals surface area contributed by atoms with Crippen molar-refractivity contribution in [1.29, 1.82) is 0 Å². The van der Waals surface area contributed by atoms with Gasteiger partial charge >= 0.3 is 0 Å². The molecule has 2 aliphatic carbocycles. The third-order valence-electron chi connectivity index (χ3n) is 4.49. The Kier molecular flexibility index (Phi) is 3.33. The average molecular weight is 212 g/mol. The zero-order chi connectivity index (χ0) is 10.9. The third kappa shape index (κ3) is 2.35. The van der Waals surface area contributed by atoms with E-state index < -0.39 is 5.60 Å². The molecule has 0 bridgehead atoms. The molecule has 0 atom stereocenters. The van der Waals surface area contributed by atoms with Crippen LogP contribution in [0.25, 0.3) is 0 Å². The maximum atomic E-state index is 10.0. The van der Waals surface area contributed by atoms with E-state index in [0.29, 0.717) is 12.6 Å². The van der Waals surface area contributed by atoms with Crippen molar-refractivity contribution in [1.82, 2.24) is 4.90 Å². The van der Waals surface area contributed by atoms with Gasteiger partial charge in [-0.1, -0.05) is 6.42 Å². The predicted octanol–water partition coefficient (Wildman–Crippen LogP) is 1.10. The van der Waals surface area contributed by atoms with Crippen molar-refractivity contribution in [2.75, 3.05) is 13.6 Å². The molecule has 0 spiro atoms. The number of nitrogens with two attached hydrogens (primary N) is 1. The Bertz CT molecular complexity index is 208. The van der Waals surface area contributed by atoms with Gasteiger partial charge in [0.1, 0.15) is 0 Å². The second-order valence-electron chi connectivity index (χ2n) is 5.41. The molecule has 3 heteroatoms. The number of aliphatic hydroxyl groups is 1. The predicted molar refractivity (Wildman–Crippen MR) is 61.7 cm³/mol. The van der Waals surface area contributed by atoms with Crippen LogP contribution in [0.3, 0.4) is 0 Å². The van der Waals surface area contributed by atoms with E-state index in [1.165, 1.54) is 19.3 Å². The molecule has 88 valence electrons. The van der Waals surface area contributed by atoms with Crippen LogP contribution in [0.1, 0.15) is 44.9 Å². The molecule has 0 heterocycles. The molecule has 0 aromatic rings. The molecule has 2 saturated carbocycles. The van der Waals surface area contributed by atoms with E-state index in [-0.39, 0.29) is 0 Å². The van der Waals surface area contributed by atoms with Crippen LogP contribution in [-0.4, -0.2) is 41.3 Å². The average Bonchev–Trinajstić information content (AvgIpc) is 2.16. The molecule has 0 saturated heterocycles. The molecule has 0 aliphatic heterocycles. The zero-order valence-corrected chi connectivity index (χ0v) is 9.78. The maximum absolute atomic E-state index is 10.0. The van der Waals surface area contributed by atoms with E-state index in [0.717, 1.165) is 31.7 Å². The monoisotopic (exact) mass is 212 g/mol. The van der Waals surface area contributed by atoms with Crippen LogP contribution in [0.2, 0.25) is 0 Å². The summed E-state index contributed by atoms with van der Waals surface area (Å²) < 4.78 is 0. The van der Waals surface area contributed by atoms with E-state index in [1.54, 1.807) is 0 Å². The van der Waals surface area contributed by atoms with Crippen molar-refractivity contribution in [3.05, 3.63) is 0 Å². The van der Waals surface area contributed by atoms with Crippen molar-refractivity contribution in [2.45, 2.75) is 62.6 Å². The molecule has 0 unspecified atom stereocenters. The lowest BCUT2D eigenvalue weighted by molar-refractivity contribution is -0.0214. The minimum absolute atomic E-state index is 0.423. The second-order valence-corrected chi connectivity index (χ2v) is 5.41. The highest BCUT2D eigenvalue weighted by atomic mass is 16.3. The molecule has 15 heavy (non-hydrogen) atoms. The summed E-state index contributed by atoms with van der Waals surface area (Å²) in [5.74, 6) is 0. The fourth-order valence-electron chi connectivity index (χ4n) is 2.84. The Morgan fingerprint density at radius 2 is 1.73 bits per heavy atom. The van der Waals surface area contributed by atoms with Crippen LogP contribution in [0, 0.1) is 0 Å². The van der Waals surface area contributed by atoms with E-state index in [9.17, 15) is 5.11 Å². The largest absolute Gasteiger partial charge is 0.389 e. The van der Waals surface area contributed by atoms with Crippen LogP contribution in [0.5, 0.6) is 0 Å². The summed E-state index contributed by atoms with van der Waals surface area (Å²) in [6, 6.07) is 1.50. The first-order valence-corrected chi connectivity index (χ1v) is 6.29. The minimum Gasteiger partial charge on any atom is -0.389 e. The molecule has 2 aliphatic rings. The van der Waals surface area contributed by atoms with Gasteiger partial charge in [0, 0.05) is 18.6 Å². The first-order valence-electron chi connectivity index (χ1n) is 6.29. The highest BCUT2D eigenvalue weighted by Crippen LogP contribution is 2.33. The molecule has 0 aromatic carbocycles. The molecule has 2 rings (SSSR count). The fourth-order valence-corrected chi connectivity index (χ4v) is 2.84. The quantitative estimate of drug-likeness (QED) is 0.736. The van der Waals surface area contributed by atoms with Crippen molar-refractivity contribution < 1.29 is 5.11 Å². The third-order valence-corrected chi connectivity index (χ3v) is 4.49. The van der Waals surface area contributed by atoms with Crippen LogP contribution < -0.4 is 5.73 Å². The van der Waals surface area contributed by atoms with Gasteiger partial charge in [-0.25, -0.2) is 0 Å². The summed E-state index contributed by atoms with van der Waals surface area (Å²) >= 11 is 0.